The first-order valence-corrected chi connectivity index (χ1v) is 11.7. The maximum atomic E-state index is 12.9. The number of benzene rings is 1. The summed E-state index contributed by atoms with van der Waals surface area (Å²) >= 11 is 0. The number of amides is 2. The van der Waals surface area contributed by atoms with Crippen LogP contribution in [-0.4, -0.2) is 56.2 Å². The summed E-state index contributed by atoms with van der Waals surface area (Å²) in [6, 6.07) is 3.82. The van der Waals surface area contributed by atoms with Crippen LogP contribution in [0.5, 0.6) is 17.2 Å². The minimum absolute atomic E-state index is 0.0922. The van der Waals surface area contributed by atoms with E-state index in [1.807, 2.05) is 24.0 Å². The zero-order valence-corrected chi connectivity index (χ0v) is 21.3. The highest BCUT2D eigenvalue weighted by Crippen LogP contribution is 2.49. The van der Waals surface area contributed by atoms with Gasteiger partial charge in [0.2, 0.25) is 5.75 Å². The second kappa shape index (κ2) is 11.5. The van der Waals surface area contributed by atoms with Gasteiger partial charge in [0.1, 0.15) is 17.4 Å². The summed E-state index contributed by atoms with van der Waals surface area (Å²) < 4.78 is 16.5. The number of aliphatic hydroxyl groups excluding tert-OH is 1. The molecule has 0 saturated heterocycles. The lowest BCUT2D eigenvalue weighted by Gasteiger charge is -2.27. The number of fused-ring (bicyclic) bond motifs is 1. The number of anilines is 1. The number of nitrogens with zero attached hydrogens (tertiary/aromatic N) is 3. The number of carbonyl (C=O) groups is 2. The van der Waals surface area contributed by atoms with Crippen molar-refractivity contribution in [2.75, 3.05) is 39.3 Å². The topological polar surface area (TPSA) is 112 Å². The third-order valence-electron chi connectivity index (χ3n) is 6.18. The Morgan fingerprint density at radius 3 is 2.50 bits per heavy atom. The molecule has 0 unspecified atom stereocenters. The molecule has 1 aromatic carbocycles. The maximum absolute atomic E-state index is 12.9. The fraction of sp³-hybridized carbons (Fsp3) is 0.370. The lowest BCUT2D eigenvalue weighted by Crippen LogP contribution is -2.43. The Bertz CT molecular complexity index is 1220. The van der Waals surface area contributed by atoms with E-state index in [-0.39, 0.29) is 29.0 Å². The number of hydrogen-bond acceptors (Lipinski definition) is 8. The quantitative estimate of drug-likeness (QED) is 0.238. The highest BCUT2D eigenvalue weighted by molar-refractivity contribution is 6.18. The molecule has 0 saturated carbocycles. The predicted octanol–water partition coefficient (Wildman–Crippen LogP) is 3.97. The second-order valence-corrected chi connectivity index (χ2v) is 8.31. The predicted molar refractivity (Wildman–Crippen MR) is 135 cm³/mol. The molecule has 0 aromatic heterocycles. The van der Waals surface area contributed by atoms with Crippen molar-refractivity contribution in [3.63, 3.8) is 0 Å². The summed E-state index contributed by atoms with van der Waals surface area (Å²) in [6.07, 6.45) is 8.36. The Balaban J connectivity index is 1.90. The van der Waals surface area contributed by atoms with Gasteiger partial charge in [-0.15, -0.1) is 0 Å². The van der Waals surface area contributed by atoms with Crippen LogP contribution in [0.1, 0.15) is 32.3 Å². The number of methoxy groups -OCH3 is 3. The van der Waals surface area contributed by atoms with Crippen molar-refractivity contribution in [3.05, 3.63) is 58.5 Å². The Hall–Kier alpha value is -4.19. The fourth-order valence-electron chi connectivity index (χ4n) is 4.29. The molecule has 1 N–H and O–H groups in total. The van der Waals surface area contributed by atoms with Crippen LogP contribution in [0.15, 0.2) is 53.0 Å². The van der Waals surface area contributed by atoms with E-state index in [4.69, 9.17) is 14.2 Å². The standard InChI is InChI=1S/C27H31N3O6/c1-6-7-12-30-26(32)20(17(2)21(16-28)27(30)33)15-19(31)9-8-11-29-13-10-18-14-22(34-3)24(35-4)25(36-5)23(18)29/h8-9,11,14-15,31H,6-7,10,12-13H2,1-5H3/b11-8+,19-9-,20-15-. The van der Waals surface area contributed by atoms with E-state index < -0.39 is 11.8 Å². The summed E-state index contributed by atoms with van der Waals surface area (Å²) in [6.45, 7) is 4.40. The van der Waals surface area contributed by atoms with E-state index in [0.29, 0.717) is 30.2 Å². The molecule has 1 aromatic rings. The minimum Gasteiger partial charge on any atom is -0.508 e. The van der Waals surface area contributed by atoms with Gasteiger partial charge >= 0.3 is 0 Å². The zero-order chi connectivity index (χ0) is 26.4. The first-order chi connectivity index (χ1) is 17.3. The van der Waals surface area contributed by atoms with E-state index >= 15 is 0 Å². The van der Waals surface area contributed by atoms with Crippen molar-refractivity contribution in [2.45, 2.75) is 33.1 Å². The number of unbranched alkanes of at least 4 members (excludes halogenated alkanes) is 1. The number of allylic oxidation sites excluding steroid dienone is 3. The van der Waals surface area contributed by atoms with Gasteiger partial charge in [-0.25, -0.2) is 0 Å². The minimum atomic E-state index is -0.595. The molecule has 0 atom stereocenters. The Morgan fingerprint density at radius 1 is 1.17 bits per heavy atom. The van der Waals surface area contributed by atoms with Crippen LogP contribution in [0.25, 0.3) is 0 Å². The van der Waals surface area contributed by atoms with Crippen LogP contribution in [0, 0.1) is 11.3 Å². The summed E-state index contributed by atoms with van der Waals surface area (Å²) in [5.41, 5.74) is 2.17. The number of ether oxygens (including phenoxy) is 3. The van der Waals surface area contributed by atoms with Gasteiger partial charge in [0, 0.05) is 24.9 Å². The summed E-state index contributed by atoms with van der Waals surface area (Å²) in [5.74, 6) is 0.340. The Labute approximate surface area is 211 Å². The number of aliphatic hydroxyl groups is 1. The Morgan fingerprint density at radius 2 is 1.89 bits per heavy atom. The monoisotopic (exact) mass is 493 g/mol. The van der Waals surface area contributed by atoms with Gasteiger partial charge in [0.25, 0.3) is 11.8 Å². The molecule has 2 amide bonds. The molecule has 0 aliphatic carbocycles. The number of imide groups is 1. The molecular weight excluding hydrogens is 462 g/mol. The van der Waals surface area contributed by atoms with Crippen molar-refractivity contribution >= 4 is 17.5 Å². The largest absolute Gasteiger partial charge is 0.508 e. The molecule has 3 rings (SSSR count). The van der Waals surface area contributed by atoms with Crippen molar-refractivity contribution in [3.8, 4) is 23.3 Å². The summed E-state index contributed by atoms with van der Waals surface area (Å²) in [4.78, 5) is 28.5. The summed E-state index contributed by atoms with van der Waals surface area (Å²) in [7, 11) is 4.69. The molecular formula is C27H31N3O6. The lowest BCUT2D eigenvalue weighted by molar-refractivity contribution is -0.140. The molecule has 190 valence electrons. The highest BCUT2D eigenvalue weighted by atomic mass is 16.5. The number of hydrogen-bond donors (Lipinski definition) is 1. The molecule has 0 fully saturated rings. The van der Waals surface area contributed by atoms with Crippen LogP contribution < -0.4 is 19.1 Å². The van der Waals surface area contributed by atoms with E-state index in [9.17, 15) is 20.0 Å². The smallest absolute Gasteiger partial charge is 0.271 e. The second-order valence-electron chi connectivity index (χ2n) is 8.31. The molecule has 2 aliphatic heterocycles. The fourth-order valence-corrected chi connectivity index (χ4v) is 4.29. The first kappa shape index (κ1) is 26.4. The van der Waals surface area contributed by atoms with Crippen molar-refractivity contribution in [1.82, 2.24) is 4.90 Å². The highest BCUT2D eigenvalue weighted by Gasteiger charge is 2.35. The van der Waals surface area contributed by atoms with Gasteiger partial charge in [-0.2, -0.15) is 5.26 Å². The SMILES string of the molecule is CCCCN1C(=O)C(C#N)=C(C)/C(=C/C(O)=C/C=C/N2CCc3cc(OC)c(OC)c(OC)c32)C1=O. The number of carbonyl (C=O) groups excluding carboxylic acids is 2. The van der Waals surface area contributed by atoms with E-state index in [1.165, 1.54) is 19.1 Å². The molecule has 2 aliphatic rings. The van der Waals surface area contributed by atoms with Crippen LogP contribution in [0.2, 0.25) is 0 Å². The average Bonchev–Trinajstić information content (AvgIpc) is 3.28. The normalized spacial score (nSPS) is 17.2. The third kappa shape index (κ3) is 4.93. The lowest BCUT2D eigenvalue weighted by atomic mass is 9.94. The van der Waals surface area contributed by atoms with Gasteiger partial charge in [0.15, 0.2) is 11.5 Å². The van der Waals surface area contributed by atoms with Gasteiger partial charge < -0.3 is 24.2 Å². The summed E-state index contributed by atoms with van der Waals surface area (Å²) in [5, 5.41) is 20.0. The van der Waals surface area contributed by atoms with Crippen LogP contribution in [0.4, 0.5) is 5.69 Å². The van der Waals surface area contributed by atoms with Crippen molar-refractivity contribution < 1.29 is 28.9 Å². The van der Waals surface area contributed by atoms with Crippen LogP contribution in [0.3, 0.4) is 0 Å². The zero-order valence-electron chi connectivity index (χ0n) is 21.3. The first-order valence-electron chi connectivity index (χ1n) is 11.7. The van der Waals surface area contributed by atoms with E-state index in [2.05, 4.69) is 0 Å². The van der Waals surface area contributed by atoms with E-state index in [0.717, 1.165) is 29.0 Å². The maximum Gasteiger partial charge on any atom is 0.271 e. The van der Waals surface area contributed by atoms with Gasteiger partial charge in [-0.3, -0.25) is 14.5 Å². The van der Waals surface area contributed by atoms with Crippen LogP contribution in [-0.2, 0) is 16.0 Å². The number of rotatable bonds is 9. The molecule has 9 heteroatoms. The van der Waals surface area contributed by atoms with Gasteiger partial charge in [0.05, 0.1) is 27.0 Å². The average molecular weight is 494 g/mol. The molecule has 2 heterocycles. The Kier molecular flexibility index (Phi) is 8.43. The third-order valence-corrected chi connectivity index (χ3v) is 6.18. The molecule has 36 heavy (non-hydrogen) atoms. The number of nitriles is 1. The van der Waals surface area contributed by atoms with Crippen molar-refractivity contribution in [2.24, 2.45) is 0 Å². The molecule has 0 spiro atoms. The molecule has 0 bridgehead atoms. The molecule has 9 nitrogen and oxygen atoms in total. The van der Waals surface area contributed by atoms with Crippen molar-refractivity contribution in [1.29, 1.82) is 5.26 Å². The van der Waals surface area contributed by atoms with Crippen LogP contribution >= 0.6 is 0 Å². The van der Waals surface area contributed by atoms with Gasteiger partial charge in [-0.05, 0) is 55.2 Å². The molecule has 0 radical (unpaired) electrons. The van der Waals surface area contributed by atoms with E-state index in [1.54, 1.807) is 33.6 Å². The van der Waals surface area contributed by atoms with Gasteiger partial charge in [-0.1, -0.05) is 13.3 Å².